The molecule has 1 heterocycles. The van der Waals surface area contributed by atoms with E-state index in [1.807, 2.05) is 33.8 Å². The fraction of sp³-hybridized carbons (Fsp3) is 0.541. The molecule has 0 aliphatic carbocycles. The van der Waals surface area contributed by atoms with E-state index in [9.17, 15) is 59.0 Å². The molecule has 1 fully saturated rings. The number of carboxylic acid groups (broad SMARTS) is 5. The topological polar surface area (TPSA) is 255 Å². The Morgan fingerprint density at radius 3 is 1.58 bits per heavy atom. The van der Waals surface area contributed by atoms with Crippen molar-refractivity contribution in [2.45, 2.75) is 59.5 Å². The van der Waals surface area contributed by atoms with Gasteiger partial charge in [0, 0.05) is 52.4 Å². The summed E-state index contributed by atoms with van der Waals surface area (Å²) in [5.41, 5.74) is 6.78. The van der Waals surface area contributed by atoms with Gasteiger partial charge >= 0.3 is 77.6 Å². The minimum atomic E-state index is -4.65. The second-order valence-electron chi connectivity index (χ2n) is 14.1. The first-order chi connectivity index (χ1) is 26.2. The SMILES string of the molecule is Cc1cc(C)c(-c2cc(C)c(OP(=O)(O)OCCCC(C(=O)O)N3CCN(CC(=O)O)CCN(C(C(=O)O)C(=O)O)CCN(CC(=O)O)CC3)cc2C)c(C)c1.[Gd+3]. The molecule has 0 spiro atoms. The summed E-state index contributed by atoms with van der Waals surface area (Å²) in [5, 5.41) is 48.5. The van der Waals surface area contributed by atoms with Crippen molar-refractivity contribution >= 4 is 37.7 Å². The summed E-state index contributed by atoms with van der Waals surface area (Å²) in [5.74, 6) is -6.77. The second kappa shape index (κ2) is 22.9. The van der Waals surface area contributed by atoms with Gasteiger partial charge in [-0.25, -0.2) is 14.2 Å². The van der Waals surface area contributed by atoms with Crippen LogP contribution in [0.4, 0.5) is 0 Å². The van der Waals surface area contributed by atoms with E-state index >= 15 is 0 Å². The molecular weight excluding hydrogens is 913 g/mol. The molecule has 20 heteroatoms. The number of carbonyl (C=O) groups is 5. The molecule has 0 saturated carbocycles. The van der Waals surface area contributed by atoms with Crippen molar-refractivity contribution < 1.29 is 108 Å². The molecule has 1 aliphatic rings. The summed E-state index contributed by atoms with van der Waals surface area (Å²) in [7, 11) is -4.65. The summed E-state index contributed by atoms with van der Waals surface area (Å²) in [6.45, 7) is 7.79. The maximum atomic E-state index is 13.0. The van der Waals surface area contributed by atoms with Crippen LogP contribution in [0.5, 0.6) is 5.75 Å². The third kappa shape index (κ3) is 15.5. The van der Waals surface area contributed by atoms with Gasteiger partial charge < -0.3 is 30.1 Å². The summed E-state index contributed by atoms with van der Waals surface area (Å²) in [4.78, 5) is 75.7. The number of nitrogens with zero attached hydrogens (tertiary/aromatic N) is 4. The van der Waals surface area contributed by atoms with E-state index in [1.165, 1.54) is 9.80 Å². The van der Waals surface area contributed by atoms with Crippen LogP contribution in [0.1, 0.15) is 40.7 Å². The summed E-state index contributed by atoms with van der Waals surface area (Å²) in [6, 6.07) is 4.58. The van der Waals surface area contributed by atoms with E-state index in [0.29, 0.717) is 5.56 Å². The number of hydrogen-bond acceptors (Lipinski definition) is 12. The Morgan fingerprint density at radius 1 is 0.667 bits per heavy atom. The van der Waals surface area contributed by atoms with Crippen molar-refractivity contribution in [1.29, 1.82) is 0 Å². The van der Waals surface area contributed by atoms with Gasteiger partial charge in [0.25, 0.3) is 0 Å². The zero-order chi connectivity index (χ0) is 41.9. The van der Waals surface area contributed by atoms with Crippen LogP contribution >= 0.6 is 7.82 Å². The standard InChI is InChI=1S/C37H53N4O14P.Gd/c1-23-17-26(4)33(27(5)18-23)28-19-25(3)30(20-24(28)2)55-56(52,53)54-16-6-7-29(35(46)47)40-12-8-38(21-31(42)43)10-14-41(34(36(48)49)37(50)51)15-11-39(9-13-40)22-32(44)45;/h17-20,29,34H,6-16,21-22H2,1-5H3,(H,42,43)(H,44,45)(H,46,47)(H,48,49)(H,50,51)(H,52,53);/q;+3. The molecule has 1 saturated heterocycles. The van der Waals surface area contributed by atoms with Gasteiger partial charge in [-0.1, -0.05) is 17.7 Å². The van der Waals surface area contributed by atoms with Gasteiger partial charge in [0.2, 0.25) is 6.04 Å². The molecule has 2 aromatic rings. The van der Waals surface area contributed by atoms with Gasteiger partial charge in [0.15, 0.2) is 0 Å². The van der Waals surface area contributed by atoms with Crippen LogP contribution < -0.4 is 4.52 Å². The second-order valence-corrected chi connectivity index (χ2v) is 15.5. The van der Waals surface area contributed by atoms with Crippen molar-refractivity contribution in [3.8, 4) is 16.9 Å². The van der Waals surface area contributed by atoms with Crippen molar-refractivity contribution in [3.05, 3.63) is 52.1 Å². The Kier molecular flexibility index (Phi) is 20.1. The van der Waals surface area contributed by atoms with Gasteiger partial charge in [-0.15, -0.1) is 0 Å². The monoisotopic (exact) mass is 966 g/mol. The fourth-order valence-electron chi connectivity index (χ4n) is 7.05. The predicted molar refractivity (Wildman–Crippen MR) is 203 cm³/mol. The zero-order valence-corrected chi connectivity index (χ0v) is 35.9. The Morgan fingerprint density at radius 2 is 1.14 bits per heavy atom. The minimum absolute atomic E-state index is 0. The minimum Gasteiger partial charge on any atom is -0.480 e. The van der Waals surface area contributed by atoms with E-state index in [1.54, 1.807) is 17.9 Å². The van der Waals surface area contributed by atoms with Crippen LogP contribution in [0.3, 0.4) is 0 Å². The van der Waals surface area contributed by atoms with E-state index < -0.39 is 62.8 Å². The maximum absolute atomic E-state index is 13.0. The molecular formula is C37H53GdN4O14P+3. The first kappa shape index (κ1) is 50.0. The molecule has 2 unspecified atom stereocenters. The molecule has 1 aliphatic heterocycles. The van der Waals surface area contributed by atoms with Crippen molar-refractivity contribution in [3.63, 3.8) is 0 Å². The number of carboxylic acids is 5. The third-order valence-electron chi connectivity index (χ3n) is 9.65. The van der Waals surface area contributed by atoms with Crippen LogP contribution in [-0.2, 0) is 33.1 Å². The van der Waals surface area contributed by atoms with Gasteiger partial charge in [0.1, 0.15) is 11.8 Å². The van der Waals surface area contributed by atoms with Gasteiger partial charge in [-0.05, 0) is 93.0 Å². The zero-order valence-electron chi connectivity index (χ0n) is 32.7. The van der Waals surface area contributed by atoms with Crippen LogP contribution in [0.2, 0.25) is 0 Å². The van der Waals surface area contributed by atoms with Gasteiger partial charge in [0.05, 0.1) is 19.7 Å². The number of benzene rings is 2. The van der Waals surface area contributed by atoms with Crippen LogP contribution in [0.25, 0.3) is 11.1 Å². The molecule has 3 rings (SSSR count). The molecule has 57 heavy (non-hydrogen) atoms. The molecule has 1 radical (unpaired) electrons. The Labute approximate surface area is 363 Å². The molecule has 2 aromatic carbocycles. The Hall–Kier alpha value is -3.10. The number of aryl methyl sites for hydroxylation is 5. The van der Waals surface area contributed by atoms with Gasteiger partial charge in [-0.2, -0.15) is 0 Å². The summed E-state index contributed by atoms with van der Waals surface area (Å²) < 4.78 is 23.7. The average molecular weight is 966 g/mol. The summed E-state index contributed by atoms with van der Waals surface area (Å²) >= 11 is 0. The number of aliphatic carboxylic acids is 5. The fourth-order valence-corrected chi connectivity index (χ4v) is 7.90. The molecule has 2 atom stereocenters. The molecule has 18 nitrogen and oxygen atoms in total. The first-order valence-corrected chi connectivity index (χ1v) is 19.6. The molecule has 0 aromatic heterocycles. The van der Waals surface area contributed by atoms with Crippen LogP contribution in [-0.4, -0.2) is 164 Å². The number of phosphoric acid groups is 1. The normalized spacial score (nSPS) is 17.0. The predicted octanol–water partition coefficient (Wildman–Crippen LogP) is 2.55. The van der Waals surface area contributed by atoms with E-state index in [2.05, 4.69) is 12.1 Å². The molecule has 0 bridgehead atoms. The molecule has 315 valence electrons. The number of hydrogen-bond donors (Lipinski definition) is 6. The largest absolute Gasteiger partial charge is 3.00 e. The Balaban J connectivity index is 0.0000112. The summed E-state index contributed by atoms with van der Waals surface area (Å²) in [6.07, 6.45) is -0.0648. The van der Waals surface area contributed by atoms with Gasteiger partial charge in [-0.3, -0.25) is 43.4 Å². The van der Waals surface area contributed by atoms with E-state index in [4.69, 9.17) is 9.05 Å². The Bertz CT molecular complexity index is 1740. The number of rotatable bonds is 17. The first-order valence-electron chi connectivity index (χ1n) is 18.1. The van der Waals surface area contributed by atoms with Crippen LogP contribution in [0, 0.1) is 74.6 Å². The smallest absolute Gasteiger partial charge is 0.480 e. The van der Waals surface area contributed by atoms with E-state index in [0.717, 1.165) is 38.3 Å². The van der Waals surface area contributed by atoms with Crippen molar-refractivity contribution in [2.75, 3.05) is 72.1 Å². The quantitative estimate of drug-likeness (QED) is 0.0757. The third-order valence-corrected chi connectivity index (χ3v) is 10.6. The molecule has 0 amide bonds. The van der Waals surface area contributed by atoms with Crippen molar-refractivity contribution in [1.82, 2.24) is 19.6 Å². The average Bonchev–Trinajstić information content (AvgIpc) is 3.05. The van der Waals surface area contributed by atoms with E-state index in [-0.39, 0.29) is 117 Å². The maximum Gasteiger partial charge on any atom is 3.00 e. The van der Waals surface area contributed by atoms with Crippen LogP contribution in [0.15, 0.2) is 24.3 Å². The van der Waals surface area contributed by atoms with Crippen molar-refractivity contribution in [2.24, 2.45) is 0 Å². The molecule has 6 N–H and O–H groups in total. The number of phosphoric ester groups is 1.